The van der Waals surface area contributed by atoms with Crippen LogP contribution in [0.1, 0.15) is 18.4 Å². The van der Waals surface area contributed by atoms with E-state index in [0.717, 1.165) is 5.56 Å². The molecule has 0 unspecified atom stereocenters. The van der Waals surface area contributed by atoms with Crippen LogP contribution < -0.4 is 25.1 Å². The van der Waals surface area contributed by atoms with E-state index in [9.17, 15) is 8.42 Å². The van der Waals surface area contributed by atoms with Crippen molar-refractivity contribution in [2.45, 2.75) is 24.7 Å². The van der Waals surface area contributed by atoms with E-state index >= 15 is 0 Å². The molecule has 2 rings (SSSR count). The molecule has 0 aromatic heterocycles. The van der Waals surface area contributed by atoms with Gasteiger partial charge in [-0.05, 0) is 49.6 Å². The average molecular weight is 420 g/mol. The maximum Gasteiger partial charge on any atom is 0.342 e. The van der Waals surface area contributed by atoms with E-state index < -0.39 is 10.1 Å². The number of methoxy groups -OCH3 is 1. The summed E-state index contributed by atoms with van der Waals surface area (Å²) in [6.07, 6.45) is 2.87. The Morgan fingerprint density at radius 1 is 1.14 bits per heavy atom. The third-order valence-corrected chi connectivity index (χ3v) is 4.86. The topological polar surface area (TPSA) is 139 Å². The van der Waals surface area contributed by atoms with Gasteiger partial charge in [0, 0.05) is 12.3 Å². The van der Waals surface area contributed by atoms with Crippen molar-refractivity contribution in [1.82, 2.24) is 0 Å². The first kappa shape index (κ1) is 22.0. The number of hydrogen-bond acceptors (Lipinski definition) is 7. The lowest BCUT2D eigenvalue weighted by atomic mass is 10.2. The summed E-state index contributed by atoms with van der Waals surface area (Å²) >= 11 is 0. The van der Waals surface area contributed by atoms with Gasteiger partial charge in [-0.25, -0.2) is 0 Å². The predicted octanol–water partition coefficient (Wildman–Crippen LogP) is 2.19. The molecule has 0 saturated heterocycles. The van der Waals surface area contributed by atoms with Crippen LogP contribution in [0.2, 0.25) is 0 Å². The van der Waals surface area contributed by atoms with Crippen molar-refractivity contribution in [2.75, 3.05) is 13.7 Å². The lowest BCUT2D eigenvalue weighted by molar-refractivity contribution is 0.313. The van der Waals surface area contributed by atoms with Crippen LogP contribution in [0.4, 0.5) is 0 Å². The molecular formula is C19H24N4O5S. The smallest absolute Gasteiger partial charge is 0.342 e. The molecule has 0 aliphatic rings. The van der Waals surface area contributed by atoms with Gasteiger partial charge < -0.3 is 25.1 Å². The van der Waals surface area contributed by atoms with Crippen molar-refractivity contribution in [2.24, 2.45) is 21.7 Å². The minimum absolute atomic E-state index is 0.0495. The lowest BCUT2D eigenvalue weighted by Gasteiger charge is -2.12. The number of rotatable bonds is 10. The van der Waals surface area contributed by atoms with Gasteiger partial charge in [-0.2, -0.15) is 13.5 Å². The summed E-state index contributed by atoms with van der Waals surface area (Å²) in [4.78, 5) is -0.0495. The molecule has 0 atom stereocenters. The fourth-order valence-electron chi connectivity index (χ4n) is 2.37. The van der Waals surface area contributed by atoms with E-state index in [-0.39, 0.29) is 22.4 Å². The molecule has 0 fully saturated rings. The Hall–Kier alpha value is -3.27. The number of para-hydroxylation sites is 1. The molecule has 0 aliphatic heterocycles. The van der Waals surface area contributed by atoms with Crippen LogP contribution >= 0.6 is 0 Å². The second-order valence-corrected chi connectivity index (χ2v) is 7.50. The molecular weight excluding hydrogens is 396 g/mol. The van der Waals surface area contributed by atoms with Crippen molar-refractivity contribution in [3.63, 3.8) is 0 Å². The molecule has 0 radical (unpaired) electrons. The number of nitrogens with zero attached hydrogens (tertiary/aromatic N) is 2. The predicted molar refractivity (Wildman–Crippen MR) is 111 cm³/mol. The average Bonchev–Trinajstić information content (AvgIpc) is 2.66. The Labute approximate surface area is 170 Å². The van der Waals surface area contributed by atoms with Crippen LogP contribution in [0.3, 0.4) is 0 Å². The zero-order valence-corrected chi connectivity index (χ0v) is 17.1. The summed E-state index contributed by atoms with van der Waals surface area (Å²) in [7, 11) is -2.67. The van der Waals surface area contributed by atoms with Crippen LogP contribution in [0.15, 0.2) is 57.6 Å². The van der Waals surface area contributed by atoms with Gasteiger partial charge in [0.2, 0.25) is 5.96 Å². The van der Waals surface area contributed by atoms with Gasteiger partial charge in [0.1, 0.15) is 22.1 Å². The minimum atomic E-state index is -4.06. The third kappa shape index (κ3) is 7.00. The van der Waals surface area contributed by atoms with Gasteiger partial charge >= 0.3 is 10.1 Å². The monoisotopic (exact) mass is 420 g/mol. The van der Waals surface area contributed by atoms with Gasteiger partial charge in [0.15, 0.2) is 0 Å². The number of ether oxygens (including phenoxy) is 2. The van der Waals surface area contributed by atoms with Crippen molar-refractivity contribution in [3.8, 4) is 17.2 Å². The first-order chi connectivity index (χ1) is 13.8. The quantitative estimate of drug-likeness (QED) is 0.197. The zero-order chi connectivity index (χ0) is 21.3. The second-order valence-electron chi connectivity index (χ2n) is 5.98. The van der Waals surface area contributed by atoms with Crippen LogP contribution in [0.25, 0.3) is 0 Å². The molecule has 0 aliphatic carbocycles. The molecule has 0 amide bonds. The Kier molecular flexibility index (Phi) is 7.84. The largest absolute Gasteiger partial charge is 0.495 e. The summed E-state index contributed by atoms with van der Waals surface area (Å²) in [5, 5.41) is 7.18. The van der Waals surface area contributed by atoms with Crippen molar-refractivity contribution >= 4 is 22.3 Å². The Bertz CT molecular complexity index is 986. The first-order valence-electron chi connectivity index (χ1n) is 8.74. The minimum Gasteiger partial charge on any atom is -0.495 e. The molecule has 10 heteroatoms. The number of aryl methyl sites for hydroxylation is 1. The summed E-state index contributed by atoms with van der Waals surface area (Å²) in [5.74, 6) is 0.753. The van der Waals surface area contributed by atoms with Gasteiger partial charge in [-0.1, -0.05) is 12.1 Å². The molecule has 0 spiro atoms. The van der Waals surface area contributed by atoms with Crippen molar-refractivity contribution < 1.29 is 22.1 Å². The number of hydrogen-bond donors (Lipinski definition) is 2. The highest BCUT2D eigenvalue weighted by molar-refractivity contribution is 7.87. The molecule has 29 heavy (non-hydrogen) atoms. The van der Waals surface area contributed by atoms with Crippen LogP contribution in [-0.4, -0.2) is 34.3 Å². The van der Waals surface area contributed by atoms with E-state index in [1.54, 1.807) is 36.5 Å². The Balaban J connectivity index is 2.03. The molecule has 156 valence electrons. The molecule has 9 nitrogen and oxygen atoms in total. The normalized spacial score (nSPS) is 11.2. The molecule has 4 N–H and O–H groups in total. The van der Waals surface area contributed by atoms with Crippen molar-refractivity contribution in [1.29, 1.82) is 0 Å². The van der Waals surface area contributed by atoms with Crippen LogP contribution in [0, 0.1) is 6.92 Å². The molecule has 0 heterocycles. The van der Waals surface area contributed by atoms with E-state index in [1.165, 1.54) is 19.2 Å². The maximum absolute atomic E-state index is 12.6. The van der Waals surface area contributed by atoms with Gasteiger partial charge in [-0.3, -0.25) is 0 Å². The molecule has 2 aromatic rings. The number of unbranched alkanes of at least 4 members (excludes halogenated alkanes) is 1. The Morgan fingerprint density at radius 2 is 1.86 bits per heavy atom. The standard InChI is InChI=1S/C19H24N4O5S/c1-14-11-15(27-10-6-5-9-22-23-19(20)21)13-16(12-14)28-29(24,25)18-8-4-3-7-17(18)26-2/h3-4,7-9,11-13H,5-6,10H2,1-2H3,(H4,20,21,23)/b22-9+. The van der Waals surface area contributed by atoms with E-state index in [1.807, 2.05) is 6.92 Å². The highest BCUT2D eigenvalue weighted by Crippen LogP contribution is 2.29. The lowest BCUT2D eigenvalue weighted by Crippen LogP contribution is -2.21. The van der Waals surface area contributed by atoms with Crippen molar-refractivity contribution in [3.05, 3.63) is 48.0 Å². The van der Waals surface area contributed by atoms with E-state index in [0.29, 0.717) is 25.2 Å². The van der Waals surface area contributed by atoms with Crippen LogP contribution in [-0.2, 0) is 10.1 Å². The van der Waals surface area contributed by atoms with Gasteiger partial charge in [-0.15, -0.1) is 5.10 Å². The van der Waals surface area contributed by atoms with E-state index in [2.05, 4.69) is 10.2 Å². The third-order valence-electron chi connectivity index (χ3n) is 3.57. The molecule has 2 aromatic carbocycles. The maximum atomic E-state index is 12.6. The number of guanidine groups is 1. The zero-order valence-electron chi connectivity index (χ0n) is 16.2. The summed E-state index contributed by atoms with van der Waals surface area (Å²) in [5.41, 5.74) is 11.1. The Morgan fingerprint density at radius 3 is 2.59 bits per heavy atom. The second kappa shape index (κ2) is 10.3. The molecule has 0 saturated carbocycles. The highest BCUT2D eigenvalue weighted by Gasteiger charge is 2.21. The fraction of sp³-hybridized carbons (Fsp3) is 0.263. The summed E-state index contributed by atoms with van der Waals surface area (Å²) < 4.78 is 41.3. The SMILES string of the molecule is COc1ccccc1S(=O)(=O)Oc1cc(C)cc(OCCC/C=N/N=C(N)N)c1. The number of benzene rings is 2. The fourth-order valence-corrected chi connectivity index (χ4v) is 3.45. The highest BCUT2D eigenvalue weighted by atomic mass is 32.2. The first-order valence-corrected chi connectivity index (χ1v) is 10.1. The summed E-state index contributed by atoms with van der Waals surface area (Å²) in [6, 6.07) is 11.2. The van der Waals surface area contributed by atoms with Gasteiger partial charge in [0.05, 0.1) is 13.7 Å². The van der Waals surface area contributed by atoms with Gasteiger partial charge in [0.25, 0.3) is 0 Å². The van der Waals surface area contributed by atoms with E-state index in [4.69, 9.17) is 25.1 Å². The molecule has 0 bridgehead atoms. The van der Waals surface area contributed by atoms with Crippen LogP contribution in [0.5, 0.6) is 17.2 Å². The number of nitrogens with two attached hydrogens (primary N) is 2. The summed E-state index contributed by atoms with van der Waals surface area (Å²) in [6.45, 7) is 2.22.